The Hall–Kier alpha value is -2.96. The molecule has 3 fully saturated rings. The van der Waals surface area contributed by atoms with Gasteiger partial charge in [0.2, 0.25) is 0 Å². The van der Waals surface area contributed by atoms with Crippen LogP contribution in [0, 0.1) is 0 Å². The van der Waals surface area contributed by atoms with Crippen molar-refractivity contribution >= 4 is 23.2 Å². The van der Waals surface area contributed by atoms with E-state index in [1.165, 1.54) is 54.6 Å². The van der Waals surface area contributed by atoms with E-state index in [0.29, 0.717) is 25.2 Å². The molecule has 0 radical (unpaired) electrons. The largest absolute Gasteiger partial charge is 0.371 e. The summed E-state index contributed by atoms with van der Waals surface area (Å²) in [7, 11) is 0. The highest BCUT2D eigenvalue weighted by Gasteiger charge is 2.41. The van der Waals surface area contributed by atoms with Crippen LogP contribution in [0.15, 0.2) is 36.5 Å². The number of aromatic nitrogens is 1. The summed E-state index contributed by atoms with van der Waals surface area (Å²) in [5.74, 6) is 1.14. The fraction of sp³-hybridized carbons (Fsp3) is 0.538. The van der Waals surface area contributed by atoms with Crippen LogP contribution in [0.5, 0.6) is 0 Å². The highest BCUT2D eigenvalue weighted by molar-refractivity contribution is 5.73. The molecule has 0 aliphatic carbocycles. The number of rotatable bonds is 3. The lowest BCUT2D eigenvalue weighted by molar-refractivity contribution is 0.208. The lowest BCUT2D eigenvalue weighted by atomic mass is 9.95. The second kappa shape index (κ2) is 8.43. The van der Waals surface area contributed by atoms with Gasteiger partial charge < -0.3 is 25.3 Å². The zero-order valence-corrected chi connectivity index (χ0v) is 19.3. The molecule has 33 heavy (non-hydrogen) atoms. The van der Waals surface area contributed by atoms with Crippen molar-refractivity contribution in [1.29, 1.82) is 0 Å². The number of carbonyl (C=O) groups excluding carboxylic acids is 1. The third-order valence-corrected chi connectivity index (χ3v) is 8.11. The van der Waals surface area contributed by atoms with Crippen LogP contribution >= 0.6 is 0 Å². The van der Waals surface area contributed by atoms with Crippen molar-refractivity contribution in [3.8, 4) is 0 Å². The van der Waals surface area contributed by atoms with Gasteiger partial charge in [0.15, 0.2) is 0 Å². The molecule has 2 N–H and O–H groups in total. The average molecular weight is 447 g/mol. The average Bonchev–Trinajstić information content (AvgIpc) is 3.49. The topological polar surface area (TPSA) is 68.9 Å². The van der Waals surface area contributed by atoms with Gasteiger partial charge in [-0.15, -0.1) is 0 Å². The molecule has 5 heterocycles. The number of hydrogen-bond donors (Lipinski definition) is 1. The first kappa shape index (κ1) is 20.6. The van der Waals surface area contributed by atoms with Crippen LogP contribution in [0.2, 0.25) is 0 Å². The maximum Gasteiger partial charge on any atom is 0.315 e. The molecule has 7 heteroatoms. The number of pyridine rings is 1. The van der Waals surface area contributed by atoms with E-state index < -0.39 is 0 Å². The third-order valence-electron chi connectivity index (χ3n) is 8.11. The number of hydrogen-bond acceptors (Lipinski definition) is 5. The Bertz CT molecular complexity index is 1040. The molecule has 4 aliphatic rings. The van der Waals surface area contributed by atoms with Gasteiger partial charge in [-0.25, -0.2) is 9.78 Å². The Kier molecular flexibility index (Phi) is 5.27. The van der Waals surface area contributed by atoms with Crippen LogP contribution in [0.25, 0.3) is 0 Å². The van der Waals surface area contributed by atoms with Gasteiger partial charge in [-0.2, -0.15) is 0 Å². The molecule has 7 nitrogen and oxygen atoms in total. The van der Waals surface area contributed by atoms with Gasteiger partial charge in [0, 0.05) is 62.9 Å². The van der Waals surface area contributed by atoms with E-state index in [1.807, 2.05) is 6.20 Å². The van der Waals surface area contributed by atoms with E-state index in [2.05, 4.69) is 45.0 Å². The number of urea groups is 1. The number of nitrogens with two attached hydrogens (primary N) is 1. The van der Waals surface area contributed by atoms with E-state index in [0.717, 1.165) is 38.4 Å². The molecule has 174 valence electrons. The van der Waals surface area contributed by atoms with E-state index in [4.69, 9.17) is 10.7 Å². The molecule has 4 aliphatic heterocycles. The van der Waals surface area contributed by atoms with E-state index in [9.17, 15) is 4.79 Å². The second-order valence-electron chi connectivity index (χ2n) is 10.0. The lowest BCUT2D eigenvalue weighted by Crippen LogP contribution is -2.50. The molecule has 0 spiro atoms. The predicted octanol–water partition coefficient (Wildman–Crippen LogP) is 3.71. The summed E-state index contributed by atoms with van der Waals surface area (Å²) >= 11 is 0. The Labute approximate surface area is 196 Å². The van der Waals surface area contributed by atoms with E-state index in [1.54, 1.807) is 4.90 Å². The predicted molar refractivity (Wildman–Crippen MR) is 132 cm³/mol. The van der Waals surface area contributed by atoms with Crippen LogP contribution in [-0.4, -0.2) is 54.2 Å². The lowest BCUT2D eigenvalue weighted by Gasteiger charge is -2.42. The van der Waals surface area contributed by atoms with Crippen LogP contribution in [0.3, 0.4) is 0 Å². The van der Waals surface area contributed by atoms with Crippen molar-refractivity contribution in [3.63, 3.8) is 0 Å². The molecular weight excluding hydrogens is 412 g/mol. The van der Waals surface area contributed by atoms with Gasteiger partial charge in [-0.1, -0.05) is 6.07 Å². The summed E-state index contributed by atoms with van der Waals surface area (Å²) < 4.78 is 0. The summed E-state index contributed by atoms with van der Waals surface area (Å²) in [5, 5.41) is 0. The Morgan fingerprint density at radius 3 is 2.48 bits per heavy atom. The minimum atomic E-state index is -0.337. The molecule has 3 saturated heterocycles. The highest BCUT2D eigenvalue weighted by Crippen LogP contribution is 2.38. The zero-order chi connectivity index (χ0) is 22.4. The Morgan fingerprint density at radius 2 is 1.64 bits per heavy atom. The zero-order valence-electron chi connectivity index (χ0n) is 19.3. The number of primary amides is 1. The molecule has 2 aromatic rings. The summed E-state index contributed by atoms with van der Waals surface area (Å²) in [4.78, 5) is 25.8. The van der Waals surface area contributed by atoms with Gasteiger partial charge in [0.05, 0.1) is 12.1 Å². The summed E-state index contributed by atoms with van der Waals surface area (Å²) in [6.45, 7) is 5.73. The Balaban J connectivity index is 1.22. The number of carbonyl (C=O) groups is 1. The van der Waals surface area contributed by atoms with Gasteiger partial charge in [0.1, 0.15) is 5.82 Å². The molecule has 0 unspecified atom stereocenters. The van der Waals surface area contributed by atoms with Crippen LogP contribution in [-0.2, 0) is 13.1 Å². The molecular formula is C26H34N6O. The second-order valence-corrected chi connectivity index (χ2v) is 10.0. The molecule has 0 saturated carbocycles. The van der Waals surface area contributed by atoms with Crippen molar-refractivity contribution < 1.29 is 4.79 Å². The highest BCUT2D eigenvalue weighted by atomic mass is 16.2. The quantitative estimate of drug-likeness (QED) is 0.778. The van der Waals surface area contributed by atoms with Gasteiger partial charge in [-0.05, 0) is 67.9 Å². The van der Waals surface area contributed by atoms with Gasteiger partial charge >= 0.3 is 6.03 Å². The monoisotopic (exact) mass is 446 g/mol. The van der Waals surface area contributed by atoms with Crippen molar-refractivity contribution in [2.45, 2.75) is 63.7 Å². The fourth-order valence-electron chi connectivity index (χ4n) is 6.42. The maximum atomic E-state index is 11.6. The first-order valence-electron chi connectivity index (χ1n) is 12.6. The van der Waals surface area contributed by atoms with Crippen molar-refractivity contribution in [2.24, 2.45) is 5.73 Å². The standard InChI is InChI=1S/C26H34N6O/c27-26(33)30-17-19-6-7-22(15-20(19)18-30)31-13-4-5-23-24(31)9-14-32(23)25-16-21(8-10-28-25)29-11-2-1-3-12-29/h6-8,10,15-16,23-24H,1-5,9,11-14,17-18H2,(H2,27,33)/t23-,24-/m1/s1. The molecule has 6 rings (SSSR count). The number of amides is 2. The maximum absolute atomic E-state index is 11.6. The summed E-state index contributed by atoms with van der Waals surface area (Å²) in [6.07, 6.45) is 9.50. The van der Waals surface area contributed by atoms with E-state index in [-0.39, 0.29) is 6.03 Å². The smallest absolute Gasteiger partial charge is 0.315 e. The first-order chi connectivity index (χ1) is 16.2. The Morgan fingerprint density at radius 1 is 0.818 bits per heavy atom. The molecule has 2 atom stereocenters. The summed E-state index contributed by atoms with van der Waals surface area (Å²) in [5.41, 5.74) is 10.6. The number of piperidine rings is 2. The minimum absolute atomic E-state index is 0.337. The molecule has 0 bridgehead atoms. The van der Waals surface area contributed by atoms with E-state index >= 15 is 0 Å². The third kappa shape index (κ3) is 3.77. The number of nitrogens with zero attached hydrogens (tertiary/aromatic N) is 5. The molecule has 1 aromatic heterocycles. The van der Waals surface area contributed by atoms with Crippen molar-refractivity contribution in [2.75, 3.05) is 40.9 Å². The van der Waals surface area contributed by atoms with Gasteiger partial charge in [0.25, 0.3) is 0 Å². The summed E-state index contributed by atoms with van der Waals surface area (Å²) in [6, 6.07) is 11.9. The number of anilines is 3. The SMILES string of the molecule is NC(=O)N1Cc2ccc(N3CCC[C@@H]4[C@H]3CCN4c3cc(N4CCCCC4)ccn3)cc2C1. The van der Waals surface area contributed by atoms with Gasteiger partial charge in [-0.3, -0.25) is 0 Å². The minimum Gasteiger partial charge on any atom is -0.371 e. The van der Waals surface area contributed by atoms with Crippen molar-refractivity contribution in [3.05, 3.63) is 47.7 Å². The number of fused-ring (bicyclic) bond motifs is 2. The normalized spacial score (nSPS) is 24.7. The fourth-order valence-corrected chi connectivity index (χ4v) is 6.42. The molecule has 2 amide bonds. The van der Waals surface area contributed by atoms with Crippen LogP contribution in [0.1, 0.15) is 49.7 Å². The van der Waals surface area contributed by atoms with Crippen LogP contribution in [0.4, 0.5) is 22.0 Å². The molecule has 1 aromatic carbocycles. The number of benzene rings is 1. The first-order valence-corrected chi connectivity index (χ1v) is 12.6. The van der Waals surface area contributed by atoms with Crippen LogP contribution < -0.4 is 20.4 Å². The van der Waals surface area contributed by atoms with Crippen molar-refractivity contribution in [1.82, 2.24) is 9.88 Å².